The summed E-state index contributed by atoms with van der Waals surface area (Å²) < 4.78 is 89.2. The summed E-state index contributed by atoms with van der Waals surface area (Å²) in [6.45, 7) is 5.89. The van der Waals surface area contributed by atoms with Crippen LogP contribution in [0.25, 0.3) is 32.5 Å². The first-order valence-corrected chi connectivity index (χ1v) is 13.4. The quantitative estimate of drug-likeness (QED) is 0.124. The molecule has 200 valence electrons. The highest BCUT2D eigenvalue weighted by Crippen LogP contribution is 2.46. The molecular weight excluding hydrogens is 548 g/mol. The fourth-order valence-electron chi connectivity index (χ4n) is 4.24. The van der Waals surface area contributed by atoms with Gasteiger partial charge >= 0.3 is 15.6 Å². The number of hydrogen-bond donors (Lipinski definition) is 0. The van der Waals surface area contributed by atoms with Gasteiger partial charge in [-0.05, 0) is 23.6 Å². The minimum Gasteiger partial charge on any atom is -0.496 e. The third-order valence-corrected chi connectivity index (χ3v) is 7.93. The Kier molecular flexibility index (Phi) is 6.65. The molecule has 1 saturated heterocycles. The van der Waals surface area contributed by atoms with Gasteiger partial charge in [0.15, 0.2) is 0 Å². The molecule has 1 fully saturated rings. The maximum atomic E-state index is 14.0. The van der Waals surface area contributed by atoms with Crippen LogP contribution in [0.15, 0.2) is 54.7 Å². The van der Waals surface area contributed by atoms with Crippen LogP contribution in [0.3, 0.4) is 0 Å². The van der Waals surface area contributed by atoms with Gasteiger partial charge in [0, 0.05) is 53.3 Å². The van der Waals surface area contributed by atoms with Gasteiger partial charge < -0.3 is 8.92 Å². The summed E-state index contributed by atoms with van der Waals surface area (Å²) in [7, 11) is -4.64. The SMILES string of the molecule is C=CCN1CC(n2cc(-c3nc(OS(=O)(=O)C(F)(F)F)c4ccsc4c3-c3ccc(F)cc3OC)cn2)C1. The largest absolute Gasteiger partial charge is 0.534 e. The van der Waals surface area contributed by atoms with E-state index in [2.05, 4.69) is 25.7 Å². The maximum Gasteiger partial charge on any atom is 0.534 e. The van der Waals surface area contributed by atoms with Gasteiger partial charge in [-0.1, -0.05) is 6.08 Å². The van der Waals surface area contributed by atoms with Crippen LogP contribution < -0.4 is 8.92 Å². The second-order valence-electron chi connectivity index (χ2n) is 8.50. The molecule has 0 aliphatic carbocycles. The lowest BCUT2D eigenvalue weighted by Crippen LogP contribution is -2.47. The number of rotatable bonds is 8. The number of thiophene rings is 1. The highest BCUT2D eigenvalue weighted by Gasteiger charge is 2.49. The number of ether oxygens (including phenoxy) is 1. The Morgan fingerprint density at radius 2 is 2.03 bits per heavy atom. The topological polar surface area (TPSA) is 86.6 Å². The first-order valence-electron chi connectivity index (χ1n) is 11.2. The molecule has 0 spiro atoms. The Morgan fingerprint density at radius 1 is 1.26 bits per heavy atom. The van der Waals surface area contributed by atoms with E-state index in [4.69, 9.17) is 4.74 Å². The summed E-state index contributed by atoms with van der Waals surface area (Å²) in [5, 5.41) is 6.01. The molecule has 0 atom stereocenters. The molecular formula is C24H20F4N4O4S2. The number of fused-ring (bicyclic) bond motifs is 1. The zero-order valence-corrected chi connectivity index (χ0v) is 21.4. The third kappa shape index (κ3) is 4.63. The van der Waals surface area contributed by atoms with Crippen molar-refractivity contribution in [1.29, 1.82) is 0 Å². The van der Waals surface area contributed by atoms with E-state index in [9.17, 15) is 26.0 Å². The number of benzene rings is 1. The van der Waals surface area contributed by atoms with Crippen LogP contribution in [0.2, 0.25) is 0 Å². The second kappa shape index (κ2) is 9.67. The van der Waals surface area contributed by atoms with E-state index >= 15 is 0 Å². The van der Waals surface area contributed by atoms with Crippen LogP contribution in [0.4, 0.5) is 17.6 Å². The maximum absolute atomic E-state index is 14.0. The Balaban J connectivity index is 1.70. The molecule has 0 amide bonds. The first kappa shape index (κ1) is 26.1. The molecule has 0 saturated carbocycles. The van der Waals surface area contributed by atoms with E-state index in [0.717, 1.165) is 31.0 Å². The predicted molar refractivity (Wildman–Crippen MR) is 134 cm³/mol. The molecule has 1 aliphatic rings. The lowest BCUT2D eigenvalue weighted by Gasteiger charge is -2.38. The molecule has 0 unspecified atom stereocenters. The van der Waals surface area contributed by atoms with Crippen LogP contribution in [0, 0.1) is 5.82 Å². The Bertz CT molecular complexity index is 1630. The monoisotopic (exact) mass is 568 g/mol. The molecule has 14 heteroatoms. The molecule has 1 aromatic carbocycles. The van der Waals surface area contributed by atoms with Crippen molar-refractivity contribution in [1.82, 2.24) is 19.7 Å². The van der Waals surface area contributed by atoms with Crippen molar-refractivity contribution >= 4 is 31.5 Å². The third-order valence-electron chi connectivity index (χ3n) is 6.05. The van der Waals surface area contributed by atoms with E-state index in [1.165, 1.54) is 37.6 Å². The average Bonchev–Trinajstić information content (AvgIpc) is 3.50. The number of hydrogen-bond acceptors (Lipinski definition) is 8. The zero-order valence-electron chi connectivity index (χ0n) is 19.8. The van der Waals surface area contributed by atoms with Crippen molar-refractivity contribution in [3.05, 3.63) is 60.5 Å². The Hall–Kier alpha value is -3.49. The van der Waals surface area contributed by atoms with Gasteiger partial charge in [-0.15, -0.1) is 17.9 Å². The molecule has 4 aromatic rings. The molecule has 0 N–H and O–H groups in total. The molecule has 5 rings (SSSR count). The Morgan fingerprint density at radius 3 is 2.71 bits per heavy atom. The van der Waals surface area contributed by atoms with E-state index in [1.807, 2.05) is 0 Å². The number of halogens is 4. The van der Waals surface area contributed by atoms with Crippen LogP contribution in [-0.4, -0.2) is 60.3 Å². The molecule has 0 bridgehead atoms. The number of aromatic nitrogens is 3. The standard InChI is InChI=1S/C24H20F4N4O4S2/c1-3-7-31-12-16(13-31)32-11-14(10-29-32)21-20(17-5-4-15(25)9-19(17)35-2)22-18(6-8-37-22)23(30-21)36-38(33,34)24(26,27)28/h3-6,8-11,16H,1,7,12-13H2,2H3. The summed E-state index contributed by atoms with van der Waals surface area (Å²) in [6.07, 6.45) is 4.96. The zero-order chi connectivity index (χ0) is 27.2. The lowest BCUT2D eigenvalue weighted by molar-refractivity contribution is -0.0500. The van der Waals surface area contributed by atoms with Crippen molar-refractivity contribution in [2.24, 2.45) is 0 Å². The highest BCUT2D eigenvalue weighted by atomic mass is 32.2. The van der Waals surface area contributed by atoms with Gasteiger partial charge in [0.25, 0.3) is 0 Å². The second-order valence-corrected chi connectivity index (χ2v) is 11.0. The number of methoxy groups -OCH3 is 1. The van der Waals surface area contributed by atoms with Crippen molar-refractivity contribution in [3.8, 4) is 34.0 Å². The minimum atomic E-state index is -6.00. The number of alkyl halides is 3. The van der Waals surface area contributed by atoms with E-state index in [0.29, 0.717) is 21.4 Å². The normalized spacial score (nSPS) is 15.0. The summed E-state index contributed by atoms with van der Waals surface area (Å²) >= 11 is 1.13. The Labute approximate surface area is 218 Å². The van der Waals surface area contributed by atoms with Gasteiger partial charge in [-0.3, -0.25) is 9.58 Å². The van der Waals surface area contributed by atoms with Gasteiger partial charge in [0.1, 0.15) is 11.6 Å². The molecule has 1 aliphatic heterocycles. The fraction of sp³-hybridized carbons (Fsp3) is 0.250. The number of nitrogens with zero attached hydrogens (tertiary/aromatic N) is 4. The summed E-state index contributed by atoms with van der Waals surface area (Å²) in [6, 6.07) is 5.31. The van der Waals surface area contributed by atoms with Crippen LogP contribution in [0.1, 0.15) is 6.04 Å². The minimum absolute atomic E-state index is 0.0411. The molecule has 38 heavy (non-hydrogen) atoms. The van der Waals surface area contributed by atoms with Crippen molar-refractivity contribution in [2.45, 2.75) is 11.6 Å². The first-order chi connectivity index (χ1) is 18.0. The number of likely N-dealkylation sites (tertiary alicyclic amines) is 1. The highest BCUT2D eigenvalue weighted by molar-refractivity contribution is 7.88. The molecule has 0 radical (unpaired) electrons. The summed E-state index contributed by atoms with van der Waals surface area (Å²) in [5.74, 6) is -1.13. The molecule has 8 nitrogen and oxygen atoms in total. The number of pyridine rings is 1. The van der Waals surface area contributed by atoms with Gasteiger partial charge in [0.2, 0.25) is 5.88 Å². The van der Waals surface area contributed by atoms with Gasteiger partial charge in [-0.25, -0.2) is 9.37 Å². The molecule has 4 heterocycles. The van der Waals surface area contributed by atoms with E-state index < -0.39 is 27.3 Å². The molecule has 3 aromatic heterocycles. The summed E-state index contributed by atoms with van der Waals surface area (Å²) in [5.41, 5.74) is -4.33. The van der Waals surface area contributed by atoms with Crippen LogP contribution in [0.5, 0.6) is 11.6 Å². The van der Waals surface area contributed by atoms with Crippen molar-refractivity contribution in [3.63, 3.8) is 0 Å². The van der Waals surface area contributed by atoms with E-state index in [1.54, 1.807) is 22.3 Å². The smallest absolute Gasteiger partial charge is 0.496 e. The van der Waals surface area contributed by atoms with Gasteiger partial charge in [-0.2, -0.15) is 26.7 Å². The predicted octanol–water partition coefficient (Wildman–Crippen LogP) is 5.25. The van der Waals surface area contributed by atoms with E-state index in [-0.39, 0.29) is 22.9 Å². The fourth-order valence-corrected chi connectivity index (χ4v) is 5.62. The lowest BCUT2D eigenvalue weighted by atomic mass is 9.98. The van der Waals surface area contributed by atoms with Crippen molar-refractivity contribution in [2.75, 3.05) is 26.7 Å². The van der Waals surface area contributed by atoms with Crippen LogP contribution >= 0.6 is 11.3 Å². The summed E-state index contributed by atoms with van der Waals surface area (Å²) in [4.78, 5) is 6.41. The average molecular weight is 569 g/mol. The van der Waals surface area contributed by atoms with Crippen LogP contribution in [-0.2, 0) is 10.1 Å². The van der Waals surface area contributed by atoms with Crippen molar-refractivity contribution < 1.29 is 34.9 Å². The van der Waals surface area contributed by atoms with Gasteiger partial charge in [0.05, 0.1) is 30.4 Å².